The maximum Gasteiger partial charge on any atom is 0.0915 e. The molecule has 0 aromatic carbocycles. The lowest BCUT2D eigenvalue weighted by atomic mass is 9.45. The highest BCUT2D eigenvalue weighted by Crippen LogP contribution is 2.68. The minimum Gasteiger partial charge on any atom is -0.393 e. The lowest BCUT2D eigenvalue weighted by Crippen LogP contribution is -2.57. The molecular weight excluding hydrogens is 296 g/mol. The molecule has 0 radical (unpaired) electrons. The van der Waals surface area contributed by atoms with Crippen molar-refractivity contribution in [2.45, 2.75) is 97.7 Å². The maximum atomic E-state index is 11.8. The lowest BCUT2D eigenvalue weighted by Gasteiger charge is -2.61. The zero-order valence-corrected chi connectivity index (χ0v) is 16.3. The molecular formula is C22H36O2. The van der Waals surface area contributed by atoms with Crippen LogP contribution in [-0.2, 0) is 0 Å². The normalized spacial score (nSPS) is 53.4. The molecule has 2 nitrogen and oxygen atoms in total. The van der Waals surface area contributed by atoms with E-state index in [2.05, 4.69) is 34.6 Å². The van der Waals surface area contributed by atoms with Crippen LogP contribution in [0.5, 0.6) is 0 Å². The second kappa shape index (κ2) is 4.88. The Morgan fingerprint density at radius 1 is 0.875 bits per heavy atom. The SMILES string of the molecule is CC1CC[C@@]2(O)C3=C(CCC12C)C1(C)CCC(O)C(C)(C)C1CC3. The first-order valence-corrected chi connectivity index (χ1v) is 10.2. The summed E-state index contributed by atoms with van der Waals surface area (Å²) in [6.07, 6.45) is 8.40. The zero-order valence-electron chi connectivity index (χ0n) is 16.3. The van der Waals surface area contributed by atoms with Crippen LogP contribution in [-0.4, -0.2) is 21.9 Å². The highest BCUT2D eigenvalue weighted by atomic mass is 16.3. The molecule has 6 atom stereocenters. The summed E-state index contributed by atoms with van der Waals surface area (Å²) in [6, 6.07) is 0. The van der Waals surface area contributed by atoms with Gasteiger partial charge in [-0.15, -0.1) is 0 Å². The summed E-state index contributed by atoms with van der Waals surface area (Å²) in [5, 5.41) is 22.4. The highest BCUT2D eigenvalue weighted by Gasteiger charge is 2.63. The molecule has 4 rings (SSSR count). The predicted molar refractivity (Wildman–Crippen MR) is 97.6 cm³/mol. The molecule has 4 aliphatic carbocycles. The minimum atomic E-state index is -0.561. The summed E-state index contributed by atoms with van der Waals surface area (Å²) >= 11 is 0. The topological polar surface area (TPSA) is 40.5 Å². The fourth-order valence-electron chi connectivity index (χ4n) is 7.54. The fraction of sp³-hybridized carbons (Fsp3) is 0.909. The van der Waals surface area contributed by atoms with Gasteiger partial charge in [0.15, 0.2) is 0 Å². The Labute approximate surface area is 147 Å². The van der Waals surface area contributed by atoms with Crippen LogP contribution in [0.1, 0.15) is 86.0 Å². The van der Waals surface area contributed by atoms with Gasteiger partial charge in [-0.25, -0.2) is 0 Å². The molecule has 0 bridgehead atoms. The van der Waals surface area contributed by atoms with E-state index in [0.29, 0.717) is 11.8 Å². The first-order valence-electron chi connectivity index (χ1n) is 10.2. The quantitative estimate of drug-likeness (QED) is 0.623. The monoisotopic (exact) mass is 332 g/mol. The fourth-order valence-corrected chi connectivity index (χ4v) is 7.54. The Bertz CT molecular complexity index is 591. The predicted octanol–water partition coefficient (Wildman–Crippen LogP) is 4.84. The summed E-state index contributed by atoms with van der Waals surface area (Å²) in [7, 11) is 0. The Kier molecular flexibility index (Phi) is 3.48. The molecule has 0 spiro atoms. The molecule has 5 unspecified atom stereocenters. The summed E-state index contributed by atoms with van der Waals surface area (Å²) in [5.41, 5.74) is 2.68. The van der Waals surface area contributed by atoms with Gasteiger partial charge in [0.1, 0.15) is 0 Å². The van der Waals surface area contributed by atoms with Crippen molar-refractivity contribution < 1.29 is 10.2 Å². The van der Waals surface area contributed by atoms with Crippen LogP contribution in [0.4, 0.5) is 0 Å². The van der Waals surface area contributed by atoms with E-state index in [9.17, 15) is 10.2 Å². The smallest absolute Gasteiger partial charge is 0.0915 e. The van der Waals surface area contributed by atoms with E-state index < -0.39 is 5.60 Å². The number of allylic oxidation sites excluding steroid dienone is 1. The Hall–Kier alpha value is -0.340. The molecule has 136 valence electrons. The van der Waals surface area contributed by atoms with E-state index in [-0.39, 0.29) is 22.3 Å². The molecule has 0 heterocycles. The van der Waals surface area contributed by atoms with Crippen molar-refractivity contribution in [3.05, 3.63) is 11.1 Å². The summed E-state index contributed by atoms with van der Waals surface area (Å²) in [5.74, 6) is 1.16. The van der Waals surface area contributed by atoms with E-state index in [1.54, 1.807) is 5.57 Å². The number of hydrogen-bond donors (Lipinski definition) is 2. The van der Waals surface area contributed by atoms with Crippen LogP contribution in [0.3, 0.4) is 0 Å². The van der Waals surface area contributed by atoms with E-state index in [0.717, 1.165) is 51.4 Å². The average molecular weight is 333 g/mol. The summed E-state index contributed by atoms with van der Waals surface area (Å²) in [6.45, 7) is 11.7. The second-order valence-corrected chi connectivity index (χ2v) is 10.6. The second-order valence-electron chi connectivity index (χ2n) is 10.6. The van der Waals surface area contributed by atoms with Gasteiger partial charge in [0.25, 0.3) is 0 Å². The Morgan fingerprint density at radius 3 is 2.29 bits per heavy atom. The van der Waals surface area contributed by atoms with E-state index in [1.807, 2.05) is 0 Å². The Morgan fingerprint density at radius 2 is 1.58 bits per heavy atom. The third kappa shape index (κ3) is 1.80. The van der Waals surface area contributed by atoms with E-state index >= 15 is 0 Å². The van der Waals surface area contributed by atoms with Crippen LogP contribution in [0.2, 0.25) is 0 Å². The number of hydrogen-bond acceptors (Lipinski definition) is 2. The van der Waals surface area contributed by atoms with Crippen LogP contribution in [0, 0.1) is 28.1 Å². The van der Waals surface area contributed by atoms with Gasteiger partial charge in [0.2, 0.25) is 0 Å². The third-order valence-electron chi connectivity index (χ3n) is 9.57. The van der Waals surface area contributed by atoms with Gasteiger partial charge in [-0.1, -0.05) is 40.2 Å². The molecule has 2 N–H and O–H groups in total. The Balaban J connectivity index is 1.82. The molecule has 0 aliphatic heterocycles. The number of aliphatic hydroxyl groups is 2. The van der Waals surface area contributed by atoms with Gasteiger partial charge in [0.05, 0.1) is 11.7 Å². The number of rotatable bonds is 0. The zero-order chi connectivity index (χ0) is 17.5. The van der Waals surface area contributed by atoms with Crippen molar-refractivity contribution in [2.24, 2.45) is 28.1 Å². The first kappa shape index (κ1) is 17.1. The molecule has 0 aromatic rings. The number of aliphatic hydroxyl groups excluding tert-OH is 1. The molecule has 2 saturated carbocycles. The van der Waals surface area contributed by atoms with Gasteiger partial charge in [-0.2, -0.15) is 0 Å². The molecule has 4 aliphatic rings. The molecule has 2 heteroatoms. The van der Waals surface area contributed by atoms with Crippen molar-refractivity contribution in [2.75, 3.05) is 0 Å². The van der Waals surface area contributed by atoms with E-state index in [1.165, 1.54) is 5.57 Å². The number of fused-ring (bicyclic) bond motifs is 4. The van der Waals surface area contributed by atoms with Crippen molar-refractivity contribution in [3.8, 4) is 0 Å². The molecule has 0 amide bonds. The average Bonchev–Trinajstić information content (AvgIpc) is 2.76. The minimum absolute atomic E-state index is 0.0160. The molecule has 24 heavy (non-hydrogen) atoms. The van der Waals surface area contributed by atoms with Crippen LogP contribution < -0.4 is 0 Å². The largest absolute Gasteiger partial charge is 0.393 e. The van der Waals surface area contributed by atoms with Gasteiger partial charge in [-0.05, 0) is 79.6 Å². The van der Waals surface area contributed by atoms with E-state index in [4.69, 9.17) is 0 Å². The van der Waals surface area contributed by atoms with Crippen LogP contribution in [0.15, 0.2) is 11.1 Å². The third-order valence-corrected chi connectivity index (χ3v) is 9.57. The molecule has 0 saturated heterocycles. The van der Waals surface area contributed by atoms with Crippen molar-refractivity contribution in [1.82, 2.24) is 0 Å². The summed E-state index contributed by atoms with van der Waals surface area (Å²) < 4.78 is 0. The first-order chi connectivity index (χ1) is 11.1. The standard InChI is InChI=1S/C22H36O2/c1-14-8-13-22(24)16-6-7-17-19(2,3)18(23)10-11-20(17,4)15(16)9-12-21(14,22)5/h14,17-18,23-24H,6-13H2,1-5H3/t14?,17?,18?,20?,21?,22-/m1/s1. The molecule has 0 aromatic heterocycles. The lowest BCUT2D eigenvalue weighted by molar-refractivity contribution is -0.107. The molecule has 2 fully saturated rings. The summed E-state index contributed by atoms with van der Waals surface area (Å²) in [4.78, 5) is 0. The maximum absolute atomic E-state index is 11.8. The highest BCUT2D eigenvalue weighted by molar-refractivity contribution is 5.40. The van der Waals surface area contributed by atoms with Crippen LogP contribution in [0.25, 0.3) is 0 Å². The van der Waals surface area contributed by atoms with Gasteiger partial charge in [-0.3, -0.25) is 0 Å². The van der Waals surface area contributed by atoms with Gasteiger partial charge >= 0.3 is 0 Å². The van der Waals surface area contributed by atoms with Crippen molar-refractivity contribution in [3.63, 3.8) is 0 Å². The van der Waals surface area contributed by atoms with Crippen molar-refractivity contribution >= 4 is 0 Å². The van der Waals surface area contributed by atoms with Crippen LogP contribution >= 0.6 is 0 Å². The van der Waals surface area contributed by atoms with Gasteiger partial charge in [0, 0.05) is 5.41 Å². The van der Waals surface area contributed by atoms with Crippen molar-refractivity contribution in [1.29, 1.82) is 0 Å². The van der Waals surface area contributed by atoms with Gasteiger partial charge < -0.3 is 10.2 Å².